The van der Waals surface area contributed by atoms with Crippen LogP contribution < -0.4 is 0 Å². The highest BCUT2D eigenvalue weighted by Gasteiger charge is 2.20. The third-order valence-electron chi connectivity index (χ3n) is 3.82. The highest BCUT2D eigenvalue weighted by atomic mass is 16.6. The van der Waals surface area contributed by atoms with Gasteiger partial charge in [0.15, 0.2) is 0 Å². The van der Waals surface area contributed by atoms with Gasteiger partial charge >= 0.3 is 5.97 Å². The highest BCUT2D eigenvalue weighted by Crippen LogP contribution is 2.18. The van der Waals surface area contributed by atoms with Gasteiger partial charge in [-0.25, -0.2) is 4.79 Å². The summed E-state index contributed by atoms with van der Waals surface area (Å²) in [5.74, 6) is -0.210. The van der Waals surface area contributed by atoms with E-state index in [-0.39, 0.29) is 5.97 Å². The number of hydrogen-bond donors (Lipinski definition) is 0. The minimum absolute atomic E-state index is 0.210. The molecule has 1 saturated heterocycles. The maximum Gasteiger partial charge on any atom is 0.338 e. The zero-order valence-electron chi connectivity index (χ0n) is 12.8. The van der Waals surface area contributed by atoms with Crippen LogP contribution in [0.25, 0.3) is 0 Å². The maximum absolute atomic E-state index is 11.7. The van der Waals surface area contributed by atoms with Gasteiger partial charge in [-0.2, -0.15) is 0 Å². The Bertz CT molecular complexity index is 398. The monoisotopic (exact) mass is 290 g/mol. The second-order valence-electron chi connectivity index (χ2n) is 5.72. The molecule has 1 atom stereocenters. The fourth-order valence-corrected chi connectivity index (χ4v) is 2.42. The highest BCUT2D eigenvalue weighted by molar-refractivity contribution is 5.89. The smallest absolute Gasteiger partial charge is 0.338 e. The predicted molar refractivity (Wildman–Crippen MR) is 83.4 cm³/mol. The lowest BCUT2D eigenvalue weighted by Crippen LogP contribution is -2.06. The average Bonchev–Trinajstić information content (AvgIpc) is 3.34. The Kier molecular flexibility index (Phi) is 7.30. The van der Waals surface area contributed by atoms with E-state index >= 15 is 0 Å². The van der Waals surface area contributed by atoms with E-state index in [9.17, 15) is 4.79 Å². The molecule has 0 saturated carbocycles. The van der Waals surface area contributed by atoms with Gasteiger partial charge in [-0.15, -0.1) is 0 Å². The quantitative estimate of drug-likeness (QED) is 0.345. The van der Waals surface area contributed by atoms with Gasteiger partial charge in [0.2, 0.25) is 0 Å². The van der Waals surface area contributed by atoms with Crippen LogP contribution in [0.4, 0.5) is 0 Å². The van der Waals surface area contributed by atoms with Gasteiger partial charge < -0.3 is 9.47 Å². The number of ether oxygens (including phenoxy) is 2. The Balaban J connectivity index is 1.37. The number of hydrogen-bond acceptors (Lipinski definition) is 3. The third kappa shape index (κ3) is 7.28. The molecule has 0 radical (unpaired) electrons. The van der Waals surface area contributed by atoms with Crippen LogP contribution in [0.2, 0.25) is 0 Å². The number of carbonyl (C=O) groups is 1. The first-order valence-corrected chi connectivity index (χ1v) is 8.20. The van der Waals surface area contributed by atoms with Crippen LogP contribution in [0.1, 0.15) is 61.7 Å². The average molecular weight is 290 g/mol. The summed E-state index contributed by atoms with van der Waals surface area (Å²) in [5, 5.41) is 0. The number of unbranched alkanes of at least 4 members (excludes halogenated alkanes) is 6. The summed E-state index contributed by atoms with van der Waals surface area (Å²) in [6.07, 6.45) is 10.4. The van der Waals surface area contributed by atoms with E-state index < -0.39 is 0 Å². The molecular weight excluding hydrogens is 264 g/mol. The lowest BCUT2D eigenvalue weighted by molar-refractivity contribution is 0.0497. The van der Waals surface area contributed by atoms with Gasteiger partial charge in [0.05, 0.1) is 24.9 Å². The van der Waals surface area contributed by atoms with Crippen molar-refractivity contribution in [1.82, 2.24) is 0 Å². The van der Waals surface area contributed by atoms with Crippen molar-refractivity contribution >= 4 is 5.97 Å². The van der Waals surface area contributed by atoms with Crippen molar-refractivity contribution in [3.63, 3.8) is 0 Å². The molecule has 0 aromatic heterocycles. The van der Waals surface area contributed by atoms with Crippen molar-refractivity contribution in [3.8, 4) is 0 Å². The largest absolute Gasteiger partial charge is 0.462 e. The van der Waals surface area contributed by atoms with E-state index in [4.69, 9.17) is 9.47 Å². The topological polar surface area (TPSA) is 38.8 Å². The normalized spacial score (nSPS) is 16.7. The molecule has 0 bridgehead atoms. The van der Waals surface area contributed by atoms with Gasteiger partial charge in [0.1, 0.15) is 0 Å². The molecule has 1 aromatic rings. The van der Waals surface area contributed by atoms with Crippen LogP contribution in [-0.2, 0) is 9.47 Å². The van der Waals surface area contributed by atoms with Gasteiger partial charge in [-0.05, 0) is 25.0 Å². The minimum Gasteiger partial charge on any atom is -0.462 e. The maximum atomic E-state index is 11.7. The SMILES string of the molecule is O=C(OCCCCCCCCCC1CO1)c1ccccc1. The van der Waals surface area contributed by atoms with Crippen LogP contribution in [0, 0.1) is 0 Å². The summed E-state index contributed by atoms with van der Waals surface area (Å²) < 4.78 is 10.4. The molecule has 1 unspecified atom stereocenters. The number of epoxide rings is 1. The van der Waals surface area contributed by atoms with Crippen LogP contribution in [-0.4, -0.2) is 25.3 Å². The molecule has 0 amide bonds. The third-order valence-corrected chi connectivity index (χ3v) is 3.82. The number of benzene rings is 1. The number of rotatable bonds is 11. The van der Waals surface area contributed by atoms with E-state index in [0.717, 1.165) is 19.4 Å². The molecule has 1 aromatic carbocycles. The van der Waals surface area contributed by atoms with Crippen molar-refractivity contribution in [2.75, 3.05) is 13.2 Å². The molecule has 3 nitrogen and oxygen atoms in total. The molecule has 116 valence electrons. The molecule has 2 rings (SSSR count). The fraction of sp³-hybridized carbons (Fsp3) is 0.611. The molecule has 1 fully saturated rings. The molecule has 1 aliphatic rings. The Morgan fingerprint density at radius 2 is 1.62 bits per heavy atom. The lowest BCUT2D eigenvalue weighted by Gasteiger charge is -2.05. The van der Waals surface area contributed by atoms with Crippen LogP contribution >= 0.6 is 0 Å². The van der Waals surface area contributed by atoms with Crippen molar-refractivity contribution in [2.45, 2.75) is 57.5 Å². The lowest BCUT2D eigenvalue weighted by atomic mass is 10.1. The van der Waals surface area contributed by atoms with Crippen LogP contribution in [0.15, 0.2) is 30.3 Å². The summed E-state index contributed by atoms with van der Waals surface area (Å²) in [7, 11) is 0. The predicted octanol–water partition coefficient (Wildman–Crippen LogP) is 4.36. The van der Waals surface area contributed by atoms with E-state index in [1.165, 1.54) is 38.5 Å². The molecule has 3 heteroatoms. The summed E-state index contributed by atoms with van der Waals surface area (Å²) in [5.41, 5.74) is 0.636. The van der Waals surface area contributed by atoms with E-state index in [0.29, 0.717) is 18.3 Å². The summed E-state index contributed by atoms with van der Waals surface area (Å²) in [6, 6.07) is 9.18. The summed E-state index contributed by atoms with van der Waals surface area (Å²) in [4.78, 5) is 11.7. The van der Waals surface area contributed by atoms with E-state index in [2.05, 4.69) is 0 Å². The first-order chi connectivity index (χ1) is 10.4. The van der Waals surface area contributed by atoms with Gasteiger partial charge in [-0.3, -0.25) is 0 Å². The second-order valence-corrected chi connectivity index (χ2v) is 5.72. The van der Waals surface area contributed by atoms with Gasteiger partial charge in [0, 0.05) is 0 Å². The van der Waals surface area contributed by atoms with Crippen molar-refractivity contribution in [1.29, 1.82) is 0 Å². The first kappa shape index (κ1) is 16.0. The Morgan fingerprint density at radius 1 is 1.00 bits per heavy atom. The molecule has 0 aliphatic carbocycles. The Hall–Kier alpha value is -1.35. The van der Waals surface area contributed by atoms with Gasteiger partial charge in [-0.1, -0.05) is 56.7 Å². The zero-order chi connectivity index (χ0) is 14.8. The van der Waals surface area contributed by atoms with Crippen molar-refractivity contribution < 1.29 is 14.3 Å². The van der Waals surface area contributed by atoms with Crippen molar-refractivity contribution in [2.24, 2.45) is 0 Å². The standard InChI is InChI=1S/C18H26O3/c19-18(16-11-7-6-8-12-16)20-14-10-5-3-1-2-4-9-13-17-15-21-17/h6-8,11-12,17H,1-5,9-10,13-15H2. The number of carbonyl (C=O) groups excluding carboxylic acids is 1. The molecule has 1 heterocycles. The summed E-state index contributed by atoms with van der Waals surface area (Å²) >= 11 is 0. The Morgan fingerprint density at radius 3 is 2.29 bits per heavy atom. The van der Waals surface area contributed by atoms with E-state index in [1.54, 1.807) is 12.1 Å². The number of esters is 1. The Labute approximate surface area is 127 Å². The second kappa shape index (κ2) is 9.56. The van der Waals surface area contributed by atoms with Crippen LogP contribution in [0.3, 0.4) is 0 Å². The van der Waals surface area contributed by atoms with E-state index in [1.807, 2.05) is 18.2 Å². The first-order valence-electron chi connectivity index (χ1n) is 8.20. The van der Waals surface area contributed by atoms with Gasteiger partial charge in [0.25, 0.3) is 0 Å². The minimum atomic E-state index is -0.210. The van der Waals surface area contributed by atoms with Crippen molar-refractivity contribution in [3.05, 3.63) is 35.9 Å². The molecule has 21 heavy (non-hydrogen) atoms. The summed E-state index contributed by atoms with van der Waals surface area (Å²) in [6.45, 7) is 1.52. The molecule has 0 spiro atoms. The zero-order valence-corrected chi connectivity index (χ0v) is 12.8. The fourth-order valence-electron chi connectivity index (χ4n) is 2.42. The van der Waals surface area contributed by atoms with Crippen LogP contribution in [0.5, 0.6) is 0 Å². The molecular formula is C18H26O3. The molecule has 0 N–H and O–H groups in total. The molecule has 1 aliphatic heterocycles.